The van der Waals surface area contributed by atoms with Crippen molar-refractivity contribution in [3.05, 3.63) is 23.3 Å². The van der Waals surface area contributed by atoms with Gasteiger partial charge in [-0.15, -0.1) is 0 Å². The zero-order valence-corrected chi connectivity index (χ0v) is 11.2. The first-order valence-corrected chi connectivity index (χ1v) is 6.40. The average Bonchev–Trinajstić information content (AvgIpc) is 2.22. The van der Waals surface area contributed by atoms with Gasteiger partial charge >= 0.3 is 0 Å². The molecule has 2 nitrogen and oxygen atoms in total. The molecule has 1 fully saturated rings. The van der Waals surface area contributed by atoms with E-state index in [-0.39, 0.29) is 17.1 Å². The average molecular weight is 234 g/mol. The van der Waals surface area contributed by atoms with E-state index in [1.807, 2.05) is 20.8 Å². The molecule has 94 valence electrons. The van der Waals surface area contributed by atoms with Crippen molar-refractivity contribution >= 4 is 5.78 Å². The predicted octanol–water partition coefficient (Wildman–Crippen LogP) is 3.02. The molecule has 17 heavy (non-hydrogen) atoms. The minimum Gasteiger partial charge on any atom is -0.390 e. The van der Waals surface area contributed by atoms with E-state index in [4.69, 9.17) is 0 Å². The molecule has 0 radical (unpaired) electrons. The molecule has 0 aromatic heterocycles. The van der Waals surface area contributed by atoms with Crippen LogP contribution in [0.15, 0.2) is 23.3 Å². The van der Waals surface area contributed by atoms with Gasteiger partial charge < -0.3 is 5.11 Å². The monoisotopic (exact) mass is 234 g/mol. The summed E-state index contributed by atoms with van der Waals surface area (Å²) in [5.74, 6) is 0.397. The largest absolute Gasteiger partial charge is 0.390 e. The fourth-order valence-electron chi connectivity index (χ4n) is 3.11. The van der Waals surface area contributed by atoms with Crippen molar-refractivity contribution in [2.24, 2.45) is 11.3 Å². The molecule has 0 aromatic carbocycles. The Labute approximate surface area is 103 Å². The molecule has 0 spiro atoms. The molecule has 2 rings (SSSR count). The number of hydrogen-bond donors (Lipinski definition) is 1. The summed E-state index contributed by atoms with van der Waals surface area (Å²) in [4.78, 5) is 11.7. The number of aliphatic hydroxyl groups is 1. The van der Waals surface area contributed by atoms with Gasteiger partial charge in [-0.1, -0.05) is 18.6 Å². The number of ketones is 1. The smallest absolute Gasteiger partial charge is 0.181 e. The number of carbonyl (C=O) groups is 1. The summed E-state index contributed by atoms with van der Waals surface area (Å²) in [5, 5.41) is 10.1. The molecule has 0 aromatic rings. The van der Waals surface area contributed by atoms with Crippen LogP contribution in [0.25, 0.3) is 0 Å². The molecule has 0 bridgehead atoms. The third kappa shape index (κ3) is 2.11. The van der Waals surface area contributed by atoms with Gasteiger partial charge in [0.1, 0.15) is 0 Å². The Morgan fingerprint density at radius 1 is 1.47 bits per heavy atom. The minimum absolute atomic E-state index is 0.0414. The normalized spacial score (nSPS) is 33.9. The van der Waals surface area contributed by atoms with Crippen LogP contribution in [0.5, 0.6) is 0 Å². The summed E-state index contributed by atoms with van der Waals surface area (Å²) in [6.45, 7) is 7.87. The van der Waals surface area contributed by atoms with E-state index in [2.05, 4.69) is 13.0 Å². The van der Waals surface area contributed by atoms with E-state index in [1.54, 1.807) is 6.08 Å². The third-order valence-corrected chi connectivity index (χ3v) is 4.58. The summed E-state index contributed by atoms with van der Waals surface area (Å²) >= 11 is 0. The molecule has 1 N–H and O–H groups in total. The second-order valence-electron chi connectivity index (χ2n) is 6.31. The lowest BCUT2D eigenvalue weighted by Crippen LogP contribution is -2.39. The number of rotatable bonds is 1. The van der Waals surface area contributed by atoms with Crippen molar-refractivity contribution < 1.29 is 9.90 Å². The van der Waals surface area contributed by atoms with Gasteiger partial charge in [0.05, 0.1) is 5.60 Å². The molecule has 2 heteroatoms. The molecule has 2 aliphatic rings. The van der Waals surface area contributed by atoms with Gasteiger partial charge in [-0.05, 0) is 57.6 Å². The SMILES string of the molecule is CC1=C2C[C@H](C(C)(C)O)CC[C@@]2(C)C=CC1=O. The first-order valence-electron chi connectivity index (χ1n) is 6.40. The fourth-order valence-corrected chi connectivity index (χ4v) is 3.11. The number of carbonyl (C=O) groups excluding carboxylic acids is 1. The van der Waals surface area contributed by atoms with Crippen LogP contribution in [0.4, 0.5) is 0 Å². The van der Waals surface area contributed by atoms with Crippen molar-refractivity contribution in [3.63, 3.8) is 0 Å². The summed E-state index contributed by atoms with van der Waals surface area (Å²) < 4.78 is 0. The van der Waals surface area contributed by atoms with Crippen molar-refractivity contribution in [2.45, 2.75) is 52.6 Å². The van der Waals surface area contributed by atoms with E-state index in [0.29, 0.717) is 0 Å². The first-order chi connectivity index (χ1) is 7.74. The molecular formula is C15H22O2. The standard InChI is InChI=1S/C15H22O2/c1-10-12-9-11(14(2,3)17)5-7-15(12,4)8-6-13(10)16/h6,8,11,17H,5,7,9H2,1-4H3/t11-,15+/m1/s1. The quantitative estimate of drug-likeness (QED) is 0.757. The van der Waals surface area contributed by atoms with E-state index < -0.39 is 5.60 Å². The van der Waals surface area contributed by atoms with Gasteiger partial charge in [-0.3, -0.25) is 4.79 Å². The van der Waals surface area contributed by atoms with Crippen LogP contribution < -0.4 is 0 Å². The number of allylic oxidation sites excluding steroid dienone is 4. The van der Waals surface area contributed by atoms with Crippen molar-refractivity contribution in [1.82, 2.24) is 0 Å². The predicted molar refractivity (Wildman–Crippen MR) is 68.6 cm³/mol. The Bertz CT molecular complexity index is 409. The molecule has 0 unspecified atom stereocenters. The summed E-state index contributed by atoms with van der Waals surface area (Å²) in [7, 11) is 0. The minimum atomic E-state index is -0.654. The van der Waals surface area contributed by atoms with Crippen LogP contribution in [-0.2, 0) is 4.79 Å². The highest BCUT2D eigenvalue weighted by molar-refractivity contribution is 6.05. The third-order valence-electron chi connectivity index (χ3n) is 4.58. The lowest BCUT2D eigenvalue weighted by molar-refractivity contribution is -0.111. The summed E-state index contributed by atoms with van der Waals surface area (Å²) in [5.41, 5.74) is 1.52. The molecule has 0 saturated heterocycles. The Morgan fingerprint density at radius 3 is 2.71 bits per heavy atom. The maximum absolute atomic E-state index is 11.7. The molecule has 0 amide bonds. The van der Waals surface area contributed by atoms with Crippen LogP contribution >= 0.6 is 0 Å². The zero-order valence-electron chi connectivity index (χ0n) is 11.2. The Balaban J connectivity index is 2.34. The summed E-state index contributed by atoms with van der Waals surface area (Å²) in [6, 6.07) is 0. The lowest BCUT2D eigenvalue weighted by atomic mass is 9.62. The zero-order chi connectivity index (χ0) is 12.8. The second kappa shape index (κ2) is 3.81. The molecule has 1 saturated carbocycles. The van der Waals surface area contributed by atoms with Gasteiger partial charge in [0, 0.05) is 5.41 Å². The Kier molecular flexibility index (Phi) is 2.81. The van der Waals surface area contributed by atoms with E-state index in [9.17, 15) is 9.90 Å². The molecule has 2 atom stereocenters. The van der Waals surface area contributed by atoms with Gasteiger partial charge in [0.15, 0.2) is 5.78 Å². The summed E-state index contributed by atoms with van der Waals surface area (Å²) in [6.07, 6.45) is 6.66. The number of fused-ring (bicyclic) bond motifs is 1. The Hall–Kier alpha value is -0.890. The van der Waals surface area contributed by atoms with Crippen LogP contribution in [0, 0.1) is 11.3 Å². The van der Waals surface area contributed by atoms with Crippen LogP contribution in [0.3, 0.4) is 0 Å². The van der Waals surface area contributed by atoms with Gasteiger partial charge in [-0.2, -0.15) is 0 Å². The highest BCUT2D eigenvalue weighted by Crippen LogP contribution is 2.49. The van der Waals surface area contributed by atoms with E-state index in [1.165, 1.54) is 5.57 Å². The topological polar surface area (TPSA) is 37.3 Å². The van der Waals surface area contributed by atoms with E-state index in [0.717, 1.165) is 24.8 Å². The first kappa shape index (κ1) is 12.6. The highest BCUT2D eigenvalue weighted by atomic mass is 16.3. The van der Waals surface area contributed by atoms with Gasteiger partial charge in [-0.25, -0.2) is 0 Å². The van der Waals surface area contributed by atoms with Gasteiger partial charge in [0.25, 0.3) is 0 Å². The van der Waals surface area contributed by atoms with Crippen LogP contribution in [-0.4, -0.2) is 16.5 Å². The molecular weight excluding hydrogens is 212 g/mol. The second-order valence-corrected chi connectivity index (χ2v) is 6.31. The maximum Gasteiger partial charge on any atom is 0.181 e. The molecule has 0 heterocycles. The maximum atomic E-state index is 11.7. The van der Waals surface area contributed by atoms with Crippen LogP contribution in [0.1, 0.15) is 47.0 Å². The fraction of sp³-hybridized carbons (Fsp3) is 0.667. The number of hydrogen-bond acceptors (Lipinski definition) is 2. The van der Waals surface area contributed by atoms with E-state index >= 15 is 0 Å². The van der Waals surface area contributed by atoms with Gasteiger partial charge in [0.2, 0.25) is 0 Å². The van der Waals surface area contributed by atoms with Crippen LogP contribution in [0.2, 0.25) is 0 Å². The molecule has 0 aliphatic heterocycles. The Morgan fingerprint density at radius 2 is 2.12 bits per heavy atom. The molecule has 2 aliphatic carbocycles. The van der Waals surface area contributed by atoms with Crippen molar-refractivity contribution in [3.8, 4) is 0 Å². The lowest BCUT2D eigenvalue weighted by Gasteiger charge is -2.44. The van der Waals surface area contributed by atoms with Crippen molar-refractivity contribution in [2.75, 3.05) is 0 Å². The highest BCUT2D eigenvalue weighted by Gasteiger charge is 2.41. The van der Waals surface area contributed by atoms with Crippen molar-refractivity contribution in [1.29, 1.82) is 0 Å².